The predicted octanol–water partition coefficient (Wildman–Crippen LogP) is 1.06. The van der Waals surface area contributed by atoms with Gasteiger partial charge in [-0.05, 0) is 5.41 Å². The summed E-state index contributed by atoms with van der Waals surface area (Å²) in [4.78, 5) is 17.3. The third kappa shape index (κ3) is 3.27. The lowest BCUT2D eigenvalue weighted by Crippen LogP contribution is -2.16. The molecule has 0 saturated carbocycles. The van der Waals surface area contributed by atoms with Gasteiger partial charge >= 0.3 is 0 Å². The van der Waals surface area contributed by atoms with Gasteiger partial charge in [0.05, 0.1) is 6.07 Å². The first-order chi connectivity index (χ1) is 5.87. The Morgan fingerprint density at radius 3 is 2.62 bits per heavy atom. The zero-order valence-electron chi connectivity index (χ0n) is 8.09. The van der Waals surface area contributed by atoms with E-state index in [9.17, 15) is 4.79 Å². The summed E-state index contributed by atoms with van der Waals surface area (Å²) in [6, 6.07) is 1.06. The molecule has 0 fully saturated rings. The van der Waals surface area contributed by atoms with E-state index < -0.39 is 0 Å². The van der Waals surface area contributed by atoms with E-state index in [0.717, 1.165) is 6.07 Å². The second-order valence-corrected chi connectivity index (χ2v) is 4.29. The van der Waals surface area contributed by atoms with E-state index in [4.69, 9.17) is 5.11 Å². The maximum absolute atomic E-state index is 10.9. The zero-order chi connectivity index (χ0) is 10.1. The fourth-order valence-corrected chi connectivity index (χ4v) is 1.08. The molecule has 0 spiro atoms. The summed E-state index contributed by atoms with van der Waals surface area (Å²) in [6.07, 6.45) is 0.636. The fourth-order valence-electron chi connectivity index (χ4n) is 1.08. The molecule has 0 aromatic carbocycles. The molecule has 1 aromatic rings. The lowest BCUT2D eigenvalue weighted by Gasteiger charge is -2.16. The average molecular weight is 182 g/mol. The Labute approximate surface area is 76.7 Å². The Morgan fingerprint density at radius 1 is 1.54 bits per heavy atom. The van der Waals surface area contributed by atoms with Crippen LogP contribution in [0.15, 0.2) is 10.9 Å². The van der Waals surface area contributed by atoms with Gasteiger partial charge in [0.25, 0.3) is 5.56 Å². The van der Waals surface area contributed by atoms with Crippen LogP contribution in [-0.2, 0) is 6.42 Å². The van der Waals surface area contributed by atoms with Crippen molar-refractivity contribution in [1.82, 2.24) is 9.97 Å². The Bertz CT molecular complexity index is 349. The first kappa shape index (κ1) is 9.77. The second kappa shape index (κ2) is 3.20. The van der Waals surface area contributed by atoms with Crippen LogP contribution in [0.1, 0.15) is 26.6 Å². The molecule has 0 unspecified atom stereocenters. The number of nitrogens with one attached hydrogen (secondary N) is 1. The van der Waals surface area contributed by atoms with Crippen LogP contribution >= 0.6 is 0 Å². The molecule has 1 rings (SSSR count). The summed E-state index contributed by atoms with van der Waals surface area (Å²) in [5, 5.41) is 9.06. The Morgan fingerprint density at radius 2 is 2.15 bits per heavy atom. The SMILES string of the molecule is CC(C)(C)Cc1nc(O)cc(=O)[nH]1. The quantitative estimate of drug-likeness (QED) is 0.682. The van der Waals surface area contributed by atoms with E-state index in [-0.39, 0.29) is 16.9 Å². The molecular formula is C9H14N2O2. The number of hydrogen-bond donors (Lipinski definition) is 2. The van der Waals surface area contributed by atoms with Crippen LogP contribution in [0.5, 0.6) is 5.88 Å². The Balaban J connectivity index is 2.96. The molecule has 0 saturated heterocycles. The van der Waals surface area contributed by atoms with Gasteiger partial charge in [-0.25, -0.2) is 4.98 Å². The minimum Gasteiger partial charge on any atom is -0.493 e. The molecule has 0 aliphatic heterocycles. The molecule has 4 nitrogen and oxygen atoms in total. The van der Waals surface area contributed by atoms with Crippen molar-refractivity contribution in [3.05, 3.63) is 22.2 Å². The molecule has 72 valence electrons. The first-order valence-corrected chi connectivity index (χ1v) is 4.16. The fraction of sp³-hybridized carbons (Fsp3) is 0.556. The lowest BCUT2D eigenvalue weighted by molar-refractivity contribution is 0.391. The van der Waals surface area contributed by atoms with Gasteiger partial charge in [0, 0.05) is 6.42 Å². The monoisotopic (exact) mass is 182 g/mol. The highest BCUT2D eigenvalue weighted by Gasteiger charge is 2.13. The van der Waals surface area contributed by atoms with Crippen LogP contribution in [-0.4, -0.2) is 15.1 Å². The normalized spacial score (nSPS) is 11.6. The topological polar surface area (TPSA) is 66.0 Å². The van der Waals surface area contributed by atoms with E-state index in [1.807, 2.05) is 20.8 Å². The molecule has 1 aromatic heterocycles. The van der Waals surface area contributed by atoms with E-state index in [1.165, 1.54) is 0 Å². The maximum atomic E-state index is 10.9. The number of aromatic hydroxyl groups is 1. The third-order valence-corrected chi connectivity index (χ3v) is 1.47. The summed E-state index contributed by atoms with van der Waals surface area (Å²) in [5.41, 5.74) is -0.268. The zero-order valence-corrected chi connectivity index (χ0v) is 8.09. The number of nitrogens with zero attached hydrogens (tertiary/aromatic N) is 1. The van der Waals surface area contributed by atoms with Gasteiger partial charge in [0.1, 0.15) is 5.82 Å². The second-order valence-electron chi connectivity index (χ2n) is 4.29. The van der Waals surface area contributed by atoms with E-state index in [2.05, 4.69) is 9.97 Å². The van der Waals surface area contributed by atoms with Crippen molar-refractivity contribution in [3.63, 3.8) is 0 Å². The number of aromatic amines is 1. The molecule has 0 bridgehead atoms. The van der Waals surface area contributed by atoms with Crippen LogP contribution in [0, 0.1) is 5.41 Å². The highest BCUT2D eigenvalue weighted by molar-refractivity contribution is 5.07. The summed E-state index contributed by atoms with van der Waals surface area (Å²) >= 11 is 0. The molecule has 0 radical (unpaired) electrons. The molecule has 2 N–H and O–H groups in total. The van der Waals surface area contributed by atoms with Crippen molar-refractivity contribution in [1.29, 1.82) is 0 Å². The highest BCUT2D eigenvalue weighted by atomic mass is 16.3. The van der Waals surface area contributed by atoms with Crippen molar-refractivity contribution in [3.8, 4) is 5.88 Å². The van der Waals surface area contributed by atoms with Gasteiger partial charge < -0.3 is 10.1 Å². The number of rotatable bonds is 1. The summed E-state index contributed by atoms with van der Waals surface area (Å²) in [7, 11) is 0. The highest BCUT2D eigenvalue weighted by Crippen LogP contribution is 2.18. The molecule has 4 heteroatoms. The van der Waals surface area contributed by atoms with Gasteiger partial charge in [0.2, 0.25) is 5.88 Å². The van der Waals surface area contributed by atoms with E-state index >= 15 is 0 Å². The molecule has 13 heavy (non-hydrogen) atoms. The van der Waals surface area contributed by atoms with Gasteiger partial charge in [-0.2, -0.15) is 0 Å². The maximum Gasteiger partial charge on any atom is 0.254 e. The van der Waals surface area contributed by atoms with Crippen LogP contribution in [0.3, 0.4) is 0 Å². The van der Waals surface area contributed by atoms with E-state index in [1.54, 1.807) is 0 Å². The summed E-state index contributed by atoms with van der Waals surface area (Å²) in [5.74, 6) is 0.306. The number of H-pyrrole nitrogens is 1. The Hall–Kier alpha value is -1.32. The van der Waals surface area contributed by atoms with Gasteiger partial charge in [-0.3, -0.25) is 4.79 Å². The van der Waals surface area contributed by atoms with Crippen molar-refractivity contribution < 1.29 is 5.11 Å². The Kier molecular flexibility index (Phi) is 2.40. The first-order valence-electron chi connectivity index (χ1n) is 4.16. The largest absolute Gasteiger partial charge is 0.493 e. The third-order valence-electron chi connectivity index (χ3n) is 1.47. The predicted molar refractivity (Wildman–Crippen MR) is 49.7 cm³/mol. The van der Waals surface area contributed by atoms with Crippen molar-refractivity contribution in [2.45, 2.75) is 27.2 Å². The smallest absolute Gasteiger partial charge is 0.254 e. The molecule has 0 atom stereocenters. The molecule has 0 aliphatic carbocycles. The van der Waals surface area contributed by atoms with Crippen LogP contribution in [0.4, 0.5) is 0 Å². The van der Waals surface area contributed by atoms with Crippen LogP contribution < -0.4 is 5.56 Å². The molecule has 0 aliphatic rings. The van der Waals surface area contributed by atoms with Gasteiger partial charge in [0.15, 0.2) is 0 Å². The lowest BCUT2D eigenvalue weighted by atomic mass is 9.92. The minimum atomic E-state index is -0.313. The van der Waals surface area contributed by atoms with Gasteiger partial charge in [-0.1, -0.05) is 20.8 Å². The van der Waals surface area contributed by atoms with Crippen molar-refractivity contribution in [2.75, 3.05) is 0 Å². The van der Waals surface area contributed by atoms with Crippen LogP contribution in [0.2, 0.25) is 0 Å². The number of aromatic nitrogens is 2. The summed E-state index contributed by atoms with van der Waals surface area (Å²) in [6.45, 7) is 6.12. The van der Waals surface area contributed by atoms with E-state index in [0.29, 0.717) is 12.2 Å². The van der Waals surface area contributed by atoms with Crippen molar-refractivity contribution >= 4 is 0 Å². The minimum absolute atomic E-state index is 0.0454. The standard InChI is InChI=1S/C9H14N2O2/c1-9(2,3)5-6-10-7(12)4-8(13)11-6/h4H,5H2,1-3H3,(H2,10,11,12,13). The molecule has 1 heterocycles. The summed E-state index contributed by atoms with van der Waals surface area (Å²) < 4.78 is 0. The molecule has 0 amide bonds. The van der Waals surface area contributed by atoms with Crippen LogP contribution in [0.25, 0.3) is 0 Å². The van der Waals surface area contributed by atoms with Gasteiger partial charge in [-0.15, -0.1) is 0 Å². The molecular weight excluding hydrogens is 168 g/mol. The van der Waals surface area contributed by atoms with Crippen molar-refractivity contribution in [2.24, 2.45) is 5.41 Å². The number of hydrogen-bond acceptors (Lipinski definition) is 3. The average Bonchev–Trinajstić information content (AvgIpc) is 1.78.